The summed E-state index contributed by atoms with van der Waals surface area (Å²) in [6, 6.07) is 0.802. The van der Waals surface area contributed by atoms with Crippen molar-refractivity contribution in [2.24, 2.45) is 11.8 Å². The summed E-state index contributed by atoms with van der Waals surface area (Å²) in [7, 11) is 4.54. The van der Waals surface area contributed by atoms with Gasteiger partial charge in [0.2, 0.25) is 0 Å². The van der Waals surface area contributed by atoms with Gasteiger partial charge in [-0.05, 0) is 51.6 Å². The zero-order chi connectivity index (χ0) is 24.9. The van der Waals surface area contributed by atoms with Gasteiger partial charge in [0.05, 0.1) is 0 Å². The van der Waals surface area contributed by atoms with Crippen LogP contribution in [-0.2, 0) is 4.79 Å². The number of carbonyl (C=O) groups is 1. The molecule has 3 unspecified atom stereocenters. The highest BCUT2D eigenvalue weighted by Gasteiger charge is 2.34. The minimum Gasteiger partial charge on any atom is -0.481 e. The summed E-state index contributed by atoms with van der Waals surface area (Å²) in [6.07, 6.45) is 32.0. The summed E-state index contributed by atoms with van der Waals surface area (Å²) in [5.41, 5.74) is 0. The predicted molar refractivity (Wildman–Crippen MR) is 149 cm³/mol. The number of nitrogens with zero attached hydrogens (tertiary/aromatic N) is 1. The van der Waals surface area contributed by atoms with Crippen molar-refractivity contribution in [3.05, 3.63) is 0 Å². The lowest BCUT2D eigenvalue weighted by atomic mass is 9.99. The zero-order valence-electron chi connectivity index (χ0n) is 23.5. The topological polar surface area (TPSA) is 40.5 Å². The molecular formula is C31H61NO2. The van der Waals surface area contributed by atoms with E-state index >= 15 is 0 Å². The molecule has 0 amide bonds. The Morgan fingerprint density at radius 3 is 1.53 bits per heavy atom. The van der Waals surface area contributed by atoms with Crippen molar-refractivity contribution in [1.82, 2.24) is 4.90 Å². The minimum absolute atomic E-state index is 0.348. The van der Waals surface area contributed by atoms with Gasteiger partial charge in [0.1, 0.15) is 0 Å². The molecule has 0 aromatic heterocycles. The molecule has 0 saturated heterocycles. The molecule has 3 nitrogen and oxygen atoms in total. The van der Waals surface area contributed by atoms with Crippen molar-refractivity contribution in [2.45, 2.75) is 167 Å². The Morgan fingerprint density at radius 2 is 1.09 bits per heavy atom. The first-order valence-electron chi connectivity index (χ1n) is 15.4. The average Bonchev–Trinajstić information content (AvgIpc) is 3.55. The molecule has 34 heavy (non-hydrogen) atoms. The summed E-state index contributed by atoms with van der Waals surface area (Å²) < 4.78 is 0. The molecule has 3 heteroatoms. The van der Waals surface area contributed by atoms with Gasteiger partial charge < -0.3 is 10.0 Å². The molecule has 0 spiro atoms. The second-order valence-corrected chi connectivity index (χ2v) is 11.7. The Hall–Kier alpha value is -0.570. The fraction of sp³-hybridized carbons (Fsp3) is 0.968. The van der Waals surface area contributed by atoms with Gasteiger partial charge in [0, 0.05) is 12.5 Å². The fourth-order valence-electron chi connectivity index (χ4n) is 5.72. The first-order valence-corrected chi connectivity index (χ1v) is 15.4. The standard InChI is InChI=1S/C31H61NO2/c1-4-5-6-12-19-24-30(32(2)3)25-20-15-10-8-7-9-13-17-22-28-27-29(28)23-18-14-11-16-21-26-31(33)34/h28-30H,4-27H2,1-3H3,(H,33,34). The van der Waals surface area contributed by atoms with Crippen LogP contribution in [0.2, 0.25) is 0 Å². The van der Waals surface area contributed by atoms with Crippen molar-refractivity contribution in [3.63, 3.8) is 0 Å². The molecule has 0 heterocycles. The van der Waals surface area contributed by atoms with Crippen LogP contribution >= 0.6 is 0 Å². The Bertz CT molecular complexity index is 464. The molecule has 1 saturated carbocycles. The third-order valence-corrected chi connectivity index (χ3v) is 8.27. The lowest BCUT2D eigenvalue weighted by molar-refractivity contribution is -0.137. The van der Waals surface area contributed by atoms with Gasteiger partial charge >= 0.3 is 5.97 Å². The molecule has 1 N–H and O–H groups in total. The van der Waals surface area contributed by atoms with E-state index in [4.69, 9.17) is 5.11 Å². The molecule has 0 aliphatic heterocycles. The Morgan fingerprint density at radius 1 is 0.676 bits per heavy atom. The lowest BCUT2D eigenvalue weighted by Gasteiger charge is -2.24. The molecule has 202 valence electrons. The van der Waals surface area contributed by atoms with Crippen molar-refractivity contribution in [1.29, 1.82) is 0 Å². The van der Waals surface area contributed by atoms with E-state index in [1.165, 1.54) is 135 Å². The third kappa shape index (κ3) is 18.7. The maximum Gasteiger partial charge on any atom is 0.303 e. The molecule has 0 radical (unpaired) electrons. The van der Waals surface area contributed by atoms with Crippen LogP contribution in [0.25, 0.3) is 0 Å². The maximum atomic E-state index is 10.5. The number of hydrogen-bond donors (Lipinski definition) is 1. The van der Waals surface area contributed by atoms with E-state index in [9.17, 15) is 4.79 Å². The zero-order valence-corrected chi connectivity index (χ0v) is 23.5. The van der Waals surface area contributed by atoms with Gasteiger partial charge in [-0.3, -0.25) is 4.79 Å². The van der Waals surface area contributed by atoms with Crippen LogP contribution in [0.15, 0.2) is 0 Å². The van der Waals surface area contributed by atoms with Gasteiger partial charge in [-0.1, -0.05) is 129 Å². The Kier molecular flexibility index (Phi) is 20.1. The lowest BCUT2D eigenvalue weighted by Crippen LogP contribution is -2.27. The highest BCUT2D eigenvalue weighted by atomic mass is 16.4. The van der Waals surface area contributed by atoms with E-state index in [1.54, 1.807) is 0 Å². The number of hydrogen-bond acceptors (Lipinski definition) is 2. The van der Waals surface area contributed by atoms with Crippen molar-refractivity contribution >= 4 is 5.97 Å². The number of aliphatic carboxylic acids is 1. The molecule has 1 fully saturated rings. The molecule has 1 rings (SSSR count). The van der Waals surface area contributed by atoms with E-state index in [-0.39, 0.29) is 0 Å². The molecule has 3 atom stereocenters. The van der Waals surface area contributed by atoms with Gasteiger partial charge in [0.15, 0.2) is 0 Å². The van der Waals surface area contributed by atoms with Crippen LogP contribution in [0.3, 0.4) is 0 Å². The molecule has 1 aliphatic rings. The van der Waals surface area contributed by atoms with Crippen molar-refractivity contribution in [3.8, 4) is 0 Å². The highest BCUT2D eigenvalue weighted by Crippen LogP contribution is 2.45. The monoisotopic (exact) mass is 479 g/mol. The van der Waals surface area contributed by atoms with Crippen molar-refractivity contribution < 1.29 is 9.90 Å². The van der Waals surface area contributed by atoms with Gasteiger partial charge in [-0.2, -0.15) is 0 Å². The van der Waals surface area contributed by atoms with Crippen LogP contribution in [0, 0.1) is 11.8 Å². The van der Waals surface area contributed by atoms with Gasteiger partial charge in [0.25, 0.3) is 0 Å². The molecule has 1 aliphatic carbocycles. The number of carboxylic acids is 1. The highest BCUT2D eigenvalue weighted by molar-refractivity contribution is 5.66. The van der Waals surface area contributed by atoms with Crippen LogP contribution < -0.4 is 0 Å². The van der Waals surface area contributed by atoms with Gasteiger partial charge in [-0.15, -0.1) is 0 Å². The number of carboxylic acid groups (broad SMARTS) is 1. The summed E-state index contributed by atoms with van der Waals surface area (Å²) in [5, 5.41) is 8.66. The SMILES string of the molecule is CCCCCCCC(CCCCCCCCCCC1CC1CCCCCCCC(=O)O)N(C)C. The maximum absolute atomic E-state index is 10.5. The summed E-state index contributed by atoms with van der Waals surface area (Å²) >= 11 is 0. The number of unbranched alkanes of at least 4 members (excludes halogenated alkanes) is 15. The normalized spacial score (nSPS) is 18.5. The first kappa shape index (κ1) is 31.5. The average molecular weight is 480 g/mol. The second kappa shape index (κ2) is 21.7. The van der Waals surface area contributed by atoms with E-state index in [2.05, 4.69) is 25.9 Å². The van der Waals surface area contributed by atoms with Crippen LogP contribution in [0.4, 0.5) is 0 Å². The minimum atomic E-state index is -0.645. The molecule has 0 aromatic carbocycles. The molecule has 0 bridgehead atoms. The van der Waals surface area contributed by atoms with Crippen LogP contribution in [0.1, 0.15) is 161 Å². The third-order valence-electron chi connectivity index (χ3n) is 8.27. The van der Waals surface area contributed by atoms with E-state index in [0.29, 0.717) is 6.42 Å². The van der Waals surface area contributed by atoms with Crippen LogP contribution in [-0.4, -0.2) is 36.1 Å². The second-order valence-electron chi connectivity index (χ2n) is 11.7. The largest absolute Gasteiger partial charge is 0.481 e. The number of rotatable bonds is 26. The molecular weight excluding hydrogens is 418 g/mol. The summed E-state index contributed by atoms with van der Waals surface area (Å²) in [4.78, 5) is 13.0. The van der Waals surface area contributed by atoms with Gasteiger partial charge in [-0.25, -0.2) is 0 Å². The van der Waals surface area contributed by atoms with E-state index in [1.807, 2.05) is 0 Å². The Labute approximate surface area is 213 Å². The first-order chi connectivity index (χ1) is 16.5. The van der Waals surface area contributed by atoms with Crippen molar-refractivity contribution in [2.75, 3.05) is 14.1 Å². The van der Waals surface area contributed by atoms with E-state index < -0.39 is 5.97 Å². The predicted octanol–water partition coefficient (Wildman–Crippen LogP) is 9.63. The smallest absolute Gasteiger partial charge is 0.303 e. The quantitative estimate of drug-likeness (QED) is 0.125. The fourth-order valence-corrected chi connectivity index (χ4v) is 5.72. The van der Waals surface area contributed by atoms with Crippen LogP contribution in [0.5, 0.6) is 0 Å². The Balaban J connectivity index is 1.82. The summed E-state index contributed by atoms with van der Waals surface area (Å²) in [6.45, 7) is 2.30. The molecule has 0 aromatic rings. The summed E-state index contributed by atoms with van der Waals surface area (Å²) in [5.74, 6) is 1.43. The van der Waals surface area contributed by atoms with E-state index in [0.717, 1.165) is 30.7 Å².